The molecule has 2 aliphatic carbocycles. The molecule has 0 atom stereocenters. The van der Waals surface area contributed by atoms with Crippen molar-refractivity contribution in [3.63, 3.8) is 0 Å². The Morgan fingerprint density at radius 3 is 2.34 bits per heavy atom. The van der Waals surface area contributed by atoms with E-state index in [2.05, 4.69) is 5.32 Å². The van der Waals surface area contributed by atoms with Crippen LogP contribution in [0.25, 0.3) is 0 Å². The first-order valence-corrected chi connectivity index (χ1v) is 11.2. The molecule has 1 aromatic rings. The maximum absolute atomic E-state index is 14.0. The van der Waals surface area contributed by atoms with Gasteiger partial charge in [0.05, 0.1) is 6.54 Å². The third kappa shape index (κ3) is 5.09. The topological polar surface area (TPSA) is 52.7 Å². The number of benzene rings is 1. The van der Waals surface area contributed by atoms with Crippen LogP contribution in [0.1, 0.15) is 63.4 Å². The smallest absolute Gasteiger partial charge is 0.318 e. The molecule has 0 radical (unpaired) electrons. The first-order valence-electron chi connectivity index (χ1n) is 11.2. The predicted octanol–water partition coefficient (Wildman–Crippen LogP) is 4.07. The number of carbonyl (C=O) groups excluding carboxylic acids is 2. The van der Waals surface area contributed by atoms with Crippen LogP contribution in [0.4, 0.5) is 9.18 Å². The lowest BCUT2D eigenvalue weighted by molar-refractivity contribution is -0.137. The normalized spacial score (nSPS) is 21.1. The molecule has 3 fully saturated rings. The number of amides is 3. The summed E-state index contributed by atoms with van der Waals surface area (Å²) in [6, 6.07) is 6.85. The number of likely N-dealkylation sites (tertiary alicyclic amines) is 1. The van der Waals surface area contributed by atoms with Crippen molar-refractivity contribution in [2.45, 2.75) is 76.4 Å². The molecule has 0 spiro atoms. The second-order valence-electron chi connectivity index (χ2n) is 8.83. The second-order valence-corrected chi connectivity index (χ2v) is 8.83. The van der Waals surface area contributed by atoms with Gasteiger partial charge < -0.3 is 15.1 Å². The quantitative estimate of drug-likeness (QED) is 0.809. The van der Waals surface area contributed by atoms with Crippen molar-refractivity contribution in [2.24, 2.45) is 5.92 Å². The number of piperidine rings is 1. The molecule has 158 valence electrons. The molecule has 0 unspecified atom stereocenters. The lowest BCUT2D eigenvalue weighted by atomic mass is 9.87. The summed E-state index contributed by atoms with van der Waals surface area (Å²) in [6.07, 6.45) is 9.20. The molecule has 1 aliphatic heterocycles. The Kier molecular flexibility index (Phi) is 6.36. The van der Waals surface area contributed by atoms with Gasteiger partial charge in [-0.3, -0.25) is 4.79 Å². The second kappa shape index (κ2) is 9.14. The Bertz CT molecular complexity index is 723. The van der Waals surface area contributed by atoms with E-state index >= 15 is 0 Å². The number of carbonyl (C=O) groups is 2. The summed E-state index contributed by atoms with van der Waals surface area (Å²) in [6.45, 7) is 1.75. The van der Waals surface area contributed by atoms with Gasteiger partial charge in [-0.25, -0.2) is 9.18 Å². The number of rotatable bonds is 5. The molecule has 3 amide bonds. The lowest BCUT2D eigenvalue weighted by Crippen LogP contribution is -2.51. The fraction of sp³-hybridized carbons (Fsp3) is 0.652. The third-order valence-electron chi connectivity index (χ3n) is 6.64. The van der Waals surface area contributed by atoms with Gasteiger partial charge >= 0.3 is 6.03 Å². The van der Waals surface area contributed by atoms with E-state index in [9.17, 15) is 14.0 Å². The van der Waals surface area contributed by atoms with Crippen LogP contribution < -0.4 is 5.32 Å². The summed E-state index contributed by atoms with van der Waals surface area (Å²) >= 11 is 0. The minimum Gasteiger partial charge on any atom is -0.342 e. The fourth-order valence-corrected chi connectivity index (χ4v) is 4.67. The van der Waals surface area contributed by atoms with Crippen molar-refractivity contribution in [3.05, 3.63) is 35.6 Å². The highest BCUT2D eigenvalue weighted by Gasteiger charge is 2.35. The minimum atomic E-state index is -0.263. The average Bonchev–Trinajstić information content (AvgIpc) is 3.59. The van der Waals surface area contributed by atoms with E-state index in [1.54, 1.807) is 23.1 Å². The number of halogens is 1. The molecule has 2 saturated carbocycles. The third-order valence-corrected chi connectivity index (χ3v) is 6.64. The first kappa shape index (κ1) is 20.2. The minimum absolute atomic E-state index is 0.0831. The molecular formula is C23H32FN3O2. The Morgan fingerprint density at radius 1 is 1.00 bits per heavy atom. The monoisotopic (exact) mass is 401 g/mol. The number of hydrogen-bond donors (Lipinski definition) is 1. The Morgan fingerprint density at radius 2 is 1.69 bits per heavy atom. The van der Waals surface area contributed by atoms with E-state index in [1.807, 2.05) is 4.90 Å². The van der Waals surface area contributed by atoms with Crippen LogP contribution in [-0.2, 0) is 11.3 Å². The zero-order valence-corrected chi connectivity index (χ0v) is 17.1. The van der Waals surface area contributed by atoms with Gasteiger partial charge in [-0.15, -0.1) is 0 Å². The van der Waals surface area contributed by atoms with E-state index in [4.69, 9.17) is 0 Å². The first-order chi connectivity index (χ1) is 14.1. The Hall–Kier alpha value is -2.11. The Balaban J connectivity index is 1.28. The highest BCUT2D eigenvalue weighted by Crippen LogP contribution is 2.30. The largest absolute Gasteiger partial charge is 0.342 e. The van der Waals surface area contributed by atoms with E-state index < -0.39 is 0 Å². The summed E-state index contributed by atoms with van der Waals surface area (Å²) in [7, 11) is 0. The molecule has 6 heteroatoms. The van der Waals surface area contributed by atoms with Gasteiger partial charge in [-0.2, -0.15) is 0 Å². The Labute approximate surface area is 172 Å². The average molecular weight is 402 g/mol. The van der Waals surface area contributed by atoms with Gasteiger partial charge in [0.25, 0.3) is 0 Å². The molecule has 0 bridgehead atoms. The van der Waals surface area contributed by atoms with Crippen LogP contribution >= 0.6 is 0 Å². The van der Waals surface area contributed by atoms with Crippen LogP contribution in [0, 0.1) is 11.7 Å². The van der Waals surface area contributed by atoms with Crippen molar-refractivity contribution >= 4 is 11.9 Å². The summed E-state index contributed by atoms with van der Waals surface area (Å²) in [4.78, 5) is 29.4. The highest BCUT2D eigenvalue weighted by atomic mass is 19.1. The molecule has 3 aliphatic rings. The van der Waals surface area contributed by atoms with E-state index in [0.29, 0.717) is 18.0 Å². The van der Waals surface area contributed by atoms with Crippen LogP contribution in [0.2, 0.25) is 0 Å². The van der Waals surface area contributed by atoms with Gasteiger partial charge in [-0.05, 0) is 44.6 Å². The molecule has 4 rings (SSSR count). The van der Waals surface area contributed by atoms with E-state index in [1.165, 1.54) is 25.3 Å². The number of urea groups is 1. The summed E-state index contributed by atoms with van der Waals surface area (Å²) in [5.41, 5.74) is 0.558. The van der Waals surface area contributed by atoms with E-state index in [0.717, 1.165) is 51.6 Å². The maximum atomic E-state index is 14.0. The zero-order chi connectivity index (χ0) is 20.2. The molecule has 29 heavy (non-hydrogen) atoms. The van der Waals surface area contributed by atoms with Crippen molar-refractivity contribution in [1.29, 1.82) is 0 Å². The molecule has 1 aromatic carbocycles. The summed E-state index contributed by atoms with van der Waals surface area (Å²) < 4.78 is 14.0. The standard InChI is InChI=1S/C23H32FN3O2/c24-21-9-5-4-8-18(21)16-27(20-10-11-20)23(29)25-19-12-14-26(15-13-19)22(28)17-6-2-1-3-7-17/h4-5,8-9,17,19-20H,1-3,6-7,10-16H2,(H,25,29). The molecular weight excluding hydrogens is 369 g/mol. The zero-order valence-electron chi connectivity index (χ0n) is 17.1. The fourth-order valence-electron chi connectivity index (χ4n) is 4.67. The molecule has 1 heterocycles. The maximum Gasteiger partial charge on any atom is 0.318 e. The molecule has 0 aromatic heterocycles. The number of hydrogen-bond acceptors (Lipinski definition) is 2. The SMILES string of the molecule is O=C(C1CCCCC1)N1CCC(NC(=O)N(Cc2ccccc2F)C2CC2)CC1. The molecule has 1 saturated heterocycles. The van der Waals surface area contributed by atoms with Crippen LogP contribution in [-0.4, -0.2) is 46.9 Å². The highest BCUT2D eigenvalue weighted by molar-refractivity contribution is 5.79. The number of nitrogens with zero attached hydrogens (tertiary/aromatic N) is 2. The van der Waals surface area contributed by atoms with Gasteiger partial charge in [0.1, 0.15) is 5.82 Å². The van der Waals surface area contributed by atoms with Gasteiger partial charge in [0.2, 0.25) is 5.91 Å². The molecule has 5 nitrogen and oxygen atoms in total. The van der Waals surface area contributed by atoms with Crippen molar-refractivity contribution in [2.75, 3.05) is 13.1 Å². The van der Waals surface area contributed by atoms with Crippen molar-refractivity contribution in [1.82, 2.24) is 15.1 Å². The van der Waals surface area contributed by atoms with Gasteiger partial charge in [-0.1, -0.05) is 37.5 Å². The van der Waals surface area contributed by atoms with Crippen LogP contribution in [0.3, 0.4) is 0 Å². The summed E-state index contributed by atoms with van der Waals surface area (Å²) in [5.74, 6) is 0.259. The van der Waals surface area contributed by atoms with Crippen molar-refractivity contribution < 1.29 is 14.0 Å². The summed E-state index contributed by atoms with van der Waals surface area (Å²) in [5, 5.41) is 3.15. The lowest BCUT2D eigenvalue weighted by Gasteiger charge is -2.36. The van der Waals surface area contributed by atoms with Crippen LogP contribution in [0.15, 0.2) is 24.3 Å². The van der Waals surface area contributed by atoms with Crippen molar-refractivity contribution in [3.8, 4) is 0 Å². The molecule has 1 N–H and O–H groups in total. The number of nitrogens with one attached hydrogen (secondary N) is 1. The van der Waals surface area contributed by atoms with Gasteiger partial charge in [0.15, 0.2) is 0 Å². The van der Waals surface area contributed by atoms with Crippen LogP contribution in [0.5, 0.6) is 0 Å². The van der Waals surface area contributed by atoms with Gasteiger partial charge in [0, 0.05) is 36.7 Å². The van der Waals surface area contributed by atoms with E-state index in [-0.39, 0.29) is 29.8 Å². The predicted molar refractivity (Wildman–Crippen MR) is 110 cm³/mol.